The minimum atomic E-state index is 0.0152. The third kappa shape index (κ3) is 2.24. The van der Waals surface area contributed by atoms with Crippen LogP contribution in [-0.4, -0.2) is 22.2 Å². The van der Waals surface area contributed by atoms with Crippen LogP contribution in [0.1, 0.15) is 24.3 Å². The van der Waals surface area contributed by atoms with Crippen LogP contribution in [0.2, 0.25) is 0 Å². The van der Waals surface area contributed by atoms with Crippen molar-refractivity contribution in [1.29, 1.82) is 0 Å². The van der Waals surface area contributed by atoms with Crippen LogP contribution in [0, 0.1) is 0 Å². The highest BCUT2D eigenvalue weighted by molar-refractivity contribution is 5.43. The first kappa shape index (κ1) is 12.2. The number of para-hydroxylation sites is 1. The number of benzene rings is 1. The van der Waals surface area contributed by atoms with Gasteiger partial charge in [-0.05, 0) is 43.5 Å². The maximum Gasteiger partial charge on any atom is 0.332 e. The second-order valence-corrected chi connectivity index (χ2v) is 5.14. The maximum atomic E-state index is 12.1. The Kier molecular flexibility index (Phi) is 3.25. The Labute approximate surface area is 112 Å². The smallest absolute Gasteiger partial charge is 0.317 e. The average molecular weight is 257 g/mol. The summed E-state index contributed by atoms with van der Waals surface area (Å²) in [4.78, 5) is 12.1. The molecule has 0 unspecified atom stereocenters. The SMILES string of the molecule is Cn1ccn(-c2ccccc2C2CCNCC2)c1=O. The number of hydrogen-bond donors (Lipinski definition) is 1. The summed E-state index contributed by atoms with van der Waals surface area (Å²) in [6, 6.07) is 8.26. The Morgan fingerprint density at radius 2 is 1.89 bits per heavy atom. The van der Waals surface area contributed by atoms with E-state index in [1.54, 1.807) is 16.2 Å². The van der Waals surface area contributed by atoms with Crippen molar-refractivity contribution >= 4 is 0 Å². The first-order valence-corrected chi connectivity index (χ1v) is 6.81. The standard InChI is InChI=1S/C15H19N3O/c1-17-10-11-18(15(17)19)14-5-3-2-4-13(14)12-6-8-16-9-7-12/h2-5,10-12,16H,6-9H2,1H3. The van der Waals surface area contributed by atoms with Crippen molar-refractivity contribution in [3.63, 3.8) is 0 Å². The highest BCUT2D eigenvalue weighted by atomic mass is 16.1. The molecule has 0 saturated carbocycles. The van der Waals surface area contributed by atoms with Crippen molar-refractivity contribution < 1.29 is 0 Å². The van der Waals surface area contributed by atoms with E-state index in [1.165, 1.54) is 5.56 Å². The van der Waals surface area contributed by atoms with Crippen molar-refractivity contribution in [3.8, 4) is 5.69 Å². The van der Waals surface area contributed by atoms with Crippen molar-refractivity contribution in [2.45, 2.75) is 18.8 Å². The van der Waals surface area contributed by atoms with Crippen LogP contribution in [0.15, 0.2) is 41.5 Å². The maximum absolute atomic E-state index is 12.1. The highest BCUT2D eigenvalue weighted by Crippen LogP contribution is 2.29. The number of piperidine rings is 1. The normalized spacial score (nSPS) is 16.7. The molecule has 1 N–H and O–H groups in total. The van der Waals surface area contributed by atoms with Gasteiger partial charge < -0.3 is 9.88 Å². The predicted octanol–water partition coefficient (Wildman–Crippen LogP) is 1.64. The first-order chi connectivity index (χ1) is 9.27. The molecule has 1 aliphatic heterocycles. The highest BCUT2D eigenvalue weighted by Gasteiger charge is 2.19. The molecule has 0 aliphatic carbocycles. The lowest BCUT2D eigenvalue weighted by atomic mass is 9.89. The molecular weight excluding hydrogens is 238 g/mol. The van der Waals surface area contributed by atoms with Gasteiger partial charge in [0.15, 0.2) is 0 Å². The third-order valence-corrected chi connectivity index (χ3v) is 3.92. The molecule has 19 heavy (non-hydrogen) atoms. The molecule has 3 rings (SSSR count). The zero-order valence-electron chi connectivity index (χ0n) is 11.2. The van der Waals surface area contributed by atoms with Gasteiger partial charge in [-0.25, -0.2) is 4.79 Å². The summed E-state index contributed by atoms with van der Waals surface area (Å²) in [6.07, 6.45) is 5.93. The summed E-state index contributed by atoms with van der Waals surface area (Å²) in [6.45, 7) is 2.12. The molecule has 0 bridgehead atoms. The van der Waals surface area contributed by atoms with Crippen molar-refractivity contribution in [2.75, 3.05) is 13.1 Å². The number of aryl methyl sites for hydroxylation is 1. The molecule has 4 nitrogen and oxygen atoms in total. The third-order valence-electron chi connectivity index (χ3n) is 3.92. The lowest BCUT2D eigenvalue weighted by molar-refractivity contribution is 0.459. The van der Waals surface area contributed by atoms with E-state index < -0.39 is 0 Å². The molecule has 2 aromatic rings. The van der Waals surface area contributed by atoms with Gasteiger partial charge >= 0.3 is 5.69 Å². The van der Waals surface area contributed by atoms with E-state index >= 15 is 0 Å². The van der Waals surface area contributed by atoms with Crippen LogP contribution in [0.25, 0.3) is 5.69 Å². The van der Waals surface area contributed by atoms with E-state index in [4.69, 9.17) is 0 Å². The van der Waals surface area contributed by atoms with Crippen LogP contribution >= 0.6 is 0 Å². The Morgan fingerprint density at radius 3 is 2.58 bits per heavy atom. The Bertz CT molecular complexity index is 620. The molecule has 1 fully saturated rings. The lowest BCUT2D eigenvalue weighted by Crippen LogP contribution is -2.28. The largest absolute Gasteiger partial charge is 0.332 e. The lowest BCUT2D eigenvalue weighted by Gasteiger charge is -2.25. The number of hydrogen-bond acceptors (Lipinski definition) is 2. The quantitative estimate of drug-likeness (QED) is 0.888. The summed E-state index contributed by atoms with van der Waals surface area (Å²) >= 11 is 0. The zero-order chi connectivity index (χ0) is 13.2. The number of nitrogens with one attached hydrogen (secondary N) is 1. The number of aromatic nitrogens is 2. The molecular formula is C15H19N3O. The fourth-order valence-corrected chi connectivity index (χ4v) is 2.83. The fourth-order valence-electron chi connectivity index (χ4n) is 2.83. The molecule has 0 amide bonds. The van der Waals surface area contributed by atoms with E-state index in [2.05, 4.69) is 17.4 Å². The second kappa shape index (κ2) is 5.05. The average Bonchev–Trinajstić information content (AvgIpc) is 2.80. The van der Waals surface area contributed by atoms with Gasteiger partial charge in [0, 0.05) is 19.4 Å². The molecule has 1 aromatic carbocycles. The zero-order valence-corrected chi connectivity index (χ0v) is 11.2. The van der Waals surface area contributed by atoms with Gasteiger partial charge in [-0.1, -0.05) is 18.2 Å². The van der Waals surface area contributed by atoms with Gasteiger partial charge in [-0.3, -0.25) is 4.57 Å². The topological polar surface area (TPSA) is 39.0 Å². The predicted molar refractivity (Wildman–Crippen MR) is 75.9 cm³/mol. The van der Waals surface area contributed by atoms with Gasteiger partial charge in [0.2, 0.25) is 0 Å². The van der Waals surface area contributed by atoms with Gasteiger partial charge in [0.25, 0.3) is 0 Å². The minimum Gasteiger partial charge on any atom is -0.317 e. The van der Waals surface area contributed by atoms with Gasteiger partial charge in [0.05, 0.1) is 5.69 Å². The summed E-state index contributed by atoms with van der Waals surface area (Å²) < 4.78 is 3.36. The Balaban J connectivity index is 2.06. The second-order valence-electron chi connectivity index (χ2n) is 5.14. The van der Waals surface area contributed by atoms with Crippen molar-refractivity contribution in [2.24, 2.45) is 7.05 Å². The Hall–Kier alpha value is -1.81. The van der Waals surface area contributed by atoms with Crippen LogP contribution in [0.4, 0.5) is 0 Å². The van der Waals surface area contributed by atoms with Crippen LogP contribution < -0.4 is 11.0 Å². The van der Waals surface area contributed by atoms with Crippen molar-refractivity contribution in [1.82, 2.24) is 14.5 Å². The molecule has 4 heteroatoms. The van der Waals surface area contributed by atoms with Gasteiger partial charge in [-0.15, -0.1) is 0 Å². The van der Waals surface area contributed by atoms with E-state index in [1.807, 2.05) is 24.5 Å². The molecule has 0 radical (unpaired) electrons. The van der Waals surface area contributed by atoms with Crippen LogP contribution in [0.5, 0.6) is 0 Å². The molecule has 0 spiro atoms. The van der Waals surface area contributed by atoms with Gasteiger partial charge in [0.1, 0.15) is 0 Å². The molecule has 100 valence electrons. The van der Waals surface area contributed by atoms with E-state index in [0.717, 1.165) is 31.6 Å². The van der Waals surface area contributed by atoms with Crippen molar-refractivity contribution in [3.05, 3.63) is 52.7 Å². The summed E-state index contributed by atoms with van der Waals surface area (Å²) in [5.74, 6) is 0.546. The molecule has 1 aromatic heterocycles. The van der Waals surface area contributed by atoms with Crippen LogP contribution in [0.3, 0.4) is 0 Å². The monoisotopic (exact) mass is 257 g/mol. The molecule has 0 atom stereocenters. The number of rotatable bonds is 2. The molecule has 1 aliphatic rings. The van der Waals surface area contributed by atoms with Gasteiger partial charge in [-0.2, -0.15) is 0 Å². The summed E-state index contributed by atoms with van der Waals surface area (Å²) in [5.41, 5.74) is 2.33. The van der Waals surface area contributed by atoms with E-state index in [0.29, 0.717) is 5.92 Å². The minimum absolute atomic E-state index is 0.0152. The fraction of sp³-hybridized carbons (Fsp3) is 0.400. The number of nitrogens with zero attached hydrogens (tertiary/aromatic N) is 2. The first-order valence-electron chi connectivity index (χ1n) is 6.81. The van der Waals surface area contributed by atoms with Crippen LogP contribution in [-0.2, 0) is 7.05 Å². The summed E-state index contributed by atoms with van der Waals surface area (Å²) in [5, 5.41) is 3.39. The van der Waals surface area contributed by atoms with E-state index in [9.17, 15) is 4.79 Å². The Morgan fingerprint density at radius 1 is 1.16 bits per heavy atom. The molecule has 2 heterocycles. The summed E-state index contributed by atoms with van der Waals surface area (Å²) in [7, 11) is 1.78. The molecule has 1 saturated heterocycles. The van der Waals surface area contributed by atoms with E-state index in [-0.39, 0.29) is 5.69 Å². The number of imidazole rings is 1.